The average Bonchev–Trinajstić information content (AvgIpc) is 2.45. The van der Waals surface area contributed by atoms with Gasteiger partial charge in [-0.2, -0.15) is 0 Å². The van der Waals surface area contributed by atoms with Gasteiger partial charge in [0.25, 0.3) is 0 Å². The van der Waals surface area contributed by atoms with Crippen LogP contribution in [-0.4, -0.2) is 57.0 Å². The van der Waals surface area contributed by atoms with Gasteiger partial charge in [-0.05, 0) is 18.2 Å². The third kappa shape index (κ3) is 3.50. The Morgan fingerprint density at radius 3 is 2.76 bits per heavy atom. The standard InChI is InChI=1S/C12H16N2O6S/c13-21(18,19)9-1-2-11(10(5-9)12(16)17)14-3-4-20-8(6-14)7-15/h1-2,5,8,15H,3-4,6-7H2,(H,16,17)(H2,13,18,19). The van der Waals surface area contributed by atoms with Gasteiger partial charge in [0.15, 0.2) is 0 Å². The molecule has 1 atom stereocenters. The molecule has 0 aromatic heterocycles. The molecule has 9 heteroatoms. The van der Waals surface area contributed by atoms with E-state index >= 15 is 0 Å². The van der Waals surface area contributed by atoms with E-state index in [1.54, 1.807) is 4.90 Å². The number of morpholine rings is 1. The highest BCUT2D eigenvalue weighted by Crippen LogP contribution is 2.25. The number of ether oxygens (including phenoxy) is 1. The monoisotopic (exact) mass is 316 g/mol. The number of anilines is 1. The van der Waals surface area contributed by atoms with E-state index in [2.05, 4.69) is 0 Å². The summed E-state index contributed by atoms with van der Waals surface area (Å²) < 4.78 is 27.9. The van der Waals surface area contributed by atoms with Crippen LogP contribution in [0.1, 0.15) is 10.4 Å². The molecule has 8 nitrogen and oxygen atoms in total. The maximum Gasteiger partial charge on any atom is 0.337 e. The minimum absolute atomic E-state index is 0.153. The van der Waals surface area contributed by atoms with Gasteiger partial charge in [0.2, 0.25) is 10.0 Å². The molecule has 1 aromatic rings. The van der Waals surface area contributed by atoms with E-state index in [1.165, 1.54) is 12.1 Å². The molecule has 0 spiro atoms. The van der Waals surface area contributed by atoms with Crippen LogP contribution in [0.3, 0.4) is 0 Å². The quantitative estimate of drug-likeness (QED) is 0.665. The molecule has 0 saturated carbocycles. The first-order valence-corrected chi connectivity index (χ1v) is 7.75. The zero-order valence-electron chi connectivity index (χ0n) is 11.1. The number of benzene rings is 1. The summed E-state index contributed by atoms with van der Waals surface area (Å²) in [6.07, 6.45) is -0.404. The summed E-state index contributed by atoms with van der Waals surface area (Å²) in [7, 11) is -3.97. The third-order valence-corrected chi connectivity index (χ3v) is 4.12. The van der Waals surface area contributed by atoms with E-state index in [0.717, 1.165) is 6.07 Å². The summed E-state index contributed by atoms with van der Waals surface area (Å²) in [5, 5.41) is 23.4. The van der Waals surface area contributed by atoms with Crippen molar-refractivity contribution in [3.8, 4) is 0 Å². The molecule has 0 amide bonds. The molecule has 2 rings (SSSR count). The molecule has 1 unspecified atom stereocenters. The SMILES string of the molecule is NS(=O)(=O)c1ccc(N2CCOC(CO)C2)c(C(=O)O)c1. The van der Waals surface area contributed by atoms with Crippen molar-refractivity contribution >= 4 is 21.7 Å². The fourth-order valence-corrected chi connectivity index (χ4v) is 2.73. The van der Waals surface area contributed by atoms with Gasteiger partial charge in [-0.25, -0.2) is 18.4 Å². The Morgan fingerprint density at radius 1 is 1.48 bits per heavy atom. The highest BCUT2D eigenvalue weighted by molar-refractivity contribution is 7.89. The first kappa shape index (κ1) is 15.7. The van der Waals surface area contributed by atoms with Crippen LogP contribution in [0.25, 0.3) is 0 Å². The predicted octanol–water partition coefficient (Wildman–Crippen LogP) is -0.770. The molecule has 1 saturated heterocycles. The van der Waals surface area contributed by atoms with Gasteiger partial charge < -0.3 is 19.8 Å². The molecule has 4 N–H and O–H groups in total. The molecule has 21 heavy (non-hydrogen) atoms. The molecule has 0 aliphatic carbocycles. The van der Waals surface area contributed by atoms with E-state index in [-0.39, 0.29) is 17.1 Å². The van der Waals surface area contributed by atoms with Crippen molar-refractivity contribution in [2.75, 3.05) is 31.2 Å². The fourth-order valence-electron chi connectivity index (χ4n) is 2.19. The van der Waals surface area contributed by atoms with Crippen molar-refractivity contribution in [3.63, 3.8) is 0 Å². The number of carboxylic acids is 1. The molecule has 1 aliphatic rings. The van der Waals surface area contributed by atoms with Gasteiger partial charge >= 0.3 is 5.97 Å². The van der Waals surface area contributed by atoms with Crippen LogP contribution < -0.4 is 10.0 Å². The molecule has 1 aliphatic heterocycles. The Kier molecular flexibility index (Phi) is 4.47. The number of nitrogens with zero attached hydrogens (tertiary/aromatic N) is 1. The van der Waals surface area contributed by atoms with Gasteiger partial charge in [-0.3, -0.25) is 0 Å². The lowest BCUT2D eigenvalue weighted by molar-refractivity contribution is 0.00349. The normalized spacial score (nSPS) is 19.5. The largest absolute Gasteiger partial charge is 0.478 e. The number of primary sulfonamides is 1. The lowest BCUT2D eigenvalue weighted by Gasteiger charge is -2.34. The van der Waals surface area contributed by atoms with Crippen molar-refractivity contribution in [2.45, 2.75) is 11.0 Å². The predicted molar refractivity (Wildman–Crippen MR) is 73.8 cm³/mol. The summed E-state index contributed by atoms with van der Waals surface area (Å²) >= 11 is 0. The smallest absolute Gasteiger partial charge is 0.337 e. The summed E-state index contributed by atoms with van der Waals surface area (Å²) in [4.78, 5) is 12.8. The lowest BCUT2D eigenvalue weighted by atomic mass is 10.1. The Balaban J connectivity index is 2.41. The minimum atomic E-state index is -3.97. The van der Waals surface area contributed by atoms with Crippen molar-refractivity contribution in [3.05, 3.63) is 23.8 Å². The zero-order chi connectivity index (χ0) is 15.6. The van der Waals surface area contributed by atoms with Crippen molar-refractivity contribution in [1.82, 2.24) is 0 Å². The number of hydrogen-bond acceptors (Lipinski definition) is 6. The molecular weight excluding hydrogens is 300 g/mol. The van der Waals surface area contributed by atoms with E-state index in [4.69, 9.17) is 15.0 Å². The van der Waals surface area contributed by atoms with E-state index in [0.29, 0.717) is 25.4 Å². The Bertz CT molecular complexity index is 645. The molecule has 1 fully saturated rings. The summed E-state index contributed by atoms with van der Waals surface area (Å²) in [6, 6.07) is 3.71. The van der Waals surface area contributed by atoms with Crippen molar-refractivity contribution < 1.29 is 28.2 Å². The van der Waals surface area contributed by atoms with Gasteiger partial charge in [0.05, 0.1) is 35.5 Å². The highest BCUT2D eigenvalue weighted by atomic mass is 32.2. The van der Waals surface area contributed by atoms with Gasteiger partial charge in [-0.15, -0.1) is 0 Å². The fraction of sp³-hybridized carbons (Fsp3) is 0.417. The van der Waals surface area contributed by atoms with Gasteiger partial charge in [-0.1, -0.05) is 0 Å². The van der Waals surface area contributed by atoms with Crippen LogP contribution in [0.5, 0.6) is 0 Å². The first-order chi connectivity index (χ1) is 9.82. The van der Waals surface area contributed by atoms with Gasteiger partial charge in [0, 0.05) is 13.1 Å². The zero-order valence-corrected chi connectivity index (χ0v) is 11.9. The van der Waals surface area contributed by atoms with Crippen LogP contribution in [0, 0.1) is 0 Å². The highest BCUT2D eigenvalue weighted by Gasteiger charge is 2.25. The number of nitrogens with two attached hydrogens (primary N) is 1. The van der Waals surface area contributed by atoms with Crippen LogP contribution in [0.2, 0.25) is 0 Å². The molecule has 0 bridgehead atoms. The number of rotatable bonds is 4. The van der Waals surface area contributed by atoms with E-state index in [9.17, 15) is 18.3 Å². The molecule has 1 aromatic carbocycles. The van der Waals surface area contributed by atoms with E-state index in [1.807, 2.05) is 0 Å². The number of hydrogen-bond donors (Lipinski definition) is 3. The maximum atomic E-state index is 11.4. The number of carbonyl (C=O) groups is 1. The second-order valence-corrected chi connectivity index (χ2v) is 6.21. The van der Waals surface area contributed by atoms with Gasteiger partial charge in [0.1, 0.15) is 0 Å². The number of aliphatic hydroxyl groups excluding tert-OH is 1. The van der Waals surface area contributed by atoms with Crippen LogP contribution in [-0.2, 0) is 14.8 Å². The van der Waals surface area contributed by atoms with E-state index < -0.39 is 22.1 Å². The summed E-state index contributed by atoms with van der Waals surface area (Å²) in [5.41, 5.74) is 0.219. The van der Waals surface area contributed by atoms with Crippen LogP contribution in [0.15, 0.2) is 23.1 Å². The summed E-state index contributed by atoms with van der Waals surface area (Å²) in [5.74, 6) is -1.25. The van der Waals surface area contributed by atoms with Crippen molar-refractivity contribution in [1.29, 1.82) is 0 Å². The second kappa shape index (κ2) is 5.98. The maximum absolute atomic E-state index is 11.4. The molecule has 1 heterocycles. The Morgan fingerprint density at radius 2 is 2.19 bits per heavy atom. The number of sulfonamides is 1. The Hall–Kier alpha value is -1.68. The van der Waals surface area contributed by atoms with Crippen LogP contribution >= 0.6 is 0 Å². The summed E-state index contributed by atoms with van der Waals surface area (Å²) in [6.45, 7) is 0.951. The topological polar surface area (TPSA) is 130 Å². The number of aliphatic hydroxyl groups is 1. The molecular formula is C12H16N2O6S. The lowest BCUT2D eigenvalue weighted by Crippen LogP contribution is -2.44. The molecule has 0 radical (unpaired) electrons. The van der Waals surface area contributed by atoms with Crippen LogP contribution in [0.4, 0.5) is 5.69 Å². The Labute approximate surface area is 121 Å². The number of aromatic carboxylic acids is 1. The van der Waals surface area contributed by atoms with Crippen molar-refractivity contribution in [2.24, 2.45) is 5.14 Å². The third-order valence-electron chi connectivity index (χ3n) is 3.21. The number of carboxylic acid groups (broad SMARTS) is 1. The minimum Gasteiger partial charge on any atom is -0.478 e. The first-order valence-electron chi connectivity index (χ1n) is 6.20. The molecule has 116 valence electrons. The second-order valence-electron chi connectivity index (χ2n) is 4.65. The average molecular weight is 316 g/mol.